The van der Waals surface area contributed by atoms with Crippen LogP contribution in [0.15, 0.2) is 18.2 Å². The van der Waals surface area contributed by atoms with E-state index in [0.717, 1.165) is 18.8 Å². The number of carbonyl (C=O) groups excluding carboxylic acids is 1. The molecule has 0 spiro atoms. The fourth-order valence-corrected chi connectivity index (χ4v) is 4.44. The molecule has 1 aromatic rings. The Kier molecular flexibility index (Phi) is 3.05. The molecule has 2 heteroatoms. The van der Waals surface area contributed by atoms with Gasteiger partial charge in [0.15, 0.2) is 5.78 Å². The molecular formula is C18H23NO. The maximum absolute atomic E-state index is 12.1. The van der Waals surface area contributed by atoms with Crippen molar-refractivity contribution in [2.75, 3.05) is 5.32 Å². The molecule has 106 valence electrons. The lowest BCUT2D eigenvalue weighted by Gasteiger charge is -2.25. The first kappa shape index (κ1) is 12.4. The van der Waals surface area contributed by atoms with Gasteiger partial charge in [-0.15, -0.1) is 0 Å². The Bertz CT molecular complexity index is 530. The molecule has 1 aliphatic heterocycles. The Labute approximate surface area is 121 Å². The molecule has 2 fully saturated rings. The second kappa shape index (κ2) is 4.91. The van der Waals surface area contributed by atoms with Crippen molar-refractivity contribution in [3.05, 3.63) is 29.3 Å². The average Bonchev–Trinajstić information content (AvgIpc) is 2.88. The molecule has 2 saturated carbocycles. The van der Waals surface area contributed by atoms with Crippen LogP contribution >= 0.6 is 0 Å². The molecule has 0 bridgehead atoms. The zero-order valence-electron chi connectivity index (χ0n) is 12.0. The molecule has 20 heavy (non-hydrogen) atoms. The van der Waals surface area contributed by atoms with E-state index in [1.54, 1.807) is 0 Å². The Balaban J connectivity index is 1.65. The first-order chi connectivity index (χ1) is 9.83. The average molecular weight is 269 g/mol. The van der Waals surface area contributed by atoms with Crippen LogP contribution in [0.1, 0.15) is 74.3 Å². The van der Waals surface area contributed by atoms with E-state index in [-0.39, 0.29) is 6.04 Å². The summed E-state index contributed by atoms with van der Waals surface area (Å²) in [6.07, 6.45) is 9.85. The number of hydrogen-bond donors (Lipinski definition) is 1. The van der Waals surface area contributed by atoms with Crippen molar-refractivity contribution in [3.8, 4) is 0 Å². The molecule has 2 nitrogen and oxygen atoms in total. The molecule has 0 radical (unpaired) electrons. The van der Waals surface area contributed by atoms with Crippen LogP contribution in [0.3, 0.4) is 0 Å². The largest absolute Gasteiger partial charge is 0.375 e. The van der Waals surface area contributed by atoms with E-state index >= 15 is 0 Å². The number of ketones is 1. The summed E-state index contributed by atoms with van der Waals surface area (Å²) < 4.78 is 0. The third-order valence-electron chi connectivity index (χ3n) is 5.55. The quantitative estimate of drug-likeness (QED) is 0.820. The molecule has 0 amide bonds. The second-order valence-electron chi connectivity index (χ2n) is 6.77. The molecule has 3 aliphatic rings. The van der Waals surface area contributed by atoms with Gasteiger partial charge < -0.3 is 5.32 Å². The van der Waals surface area contributed by atoms with Crippen molar-refractivity contribution in [2.45, 2.75) is 69.2 Å². The minimum atomic E-state index is 0.0698. The zero-order valence-corrected chi connectivity index (χ0v) is 12.0. The Hall–Kier alpha value is -1.31. The number of nitrogens with one attached hydrogen (secondary N) is 1. The van der Waals surface area contributed by atoms with Crippen molar-refractivity contribution in [3.63, 3.8) is 0 Å². The summed E-state index contributed by atoms with van der Waals surface area (Å²) in [5, 5.41) is 3.47. The van der Waals surface area contributed by atoms with Crippen LogP contribution in [0.25, 0.3) is 0 Å². The van der Waals surface area contributed by atoms with E-state index in [0.29, 0.717) is 11.7 Å². The predicted octanol–water partition coefficient (Wildman–Crippen LogP) is 4.37. The lowest BCUT2D eigenvalue weighted by molar-refractivity contribution is -0.121. The second-order valence-corrected chi connectivity index (χ2v) is 6.77. The van der Waals surface area contributed by atoms with Crippen LogP contribution in [0.4, 0.5) is 5.69 Å². The topological polar surface area (TPSA) is 29.1 Å². The summed E-state index contributed by atoms with van der Waals surface area (Å²) in [5.41, 5.74) is 4.16. The van der Waals surface area contributed by atoms with Crippen molar-refractivity contribution < 1.29 is 4.79 Å². The van der Waals surface area contributed by atoms with Gasteiger partial charge in [-0.25, -0.2) is 0 Å². The van der Waals surface area contributed by atoms with E-state index in [1.807, 2.05) is 0 Å². The van der Waals surface area contributed by atoms with Crippen LogP contribution in [0, 0.1) is 0 Å². The molecule has 1 heterocycles. The number of carbonyl (C=O) groups is 1. The van der Waals surface area contributed by atoms with Crippen LogP contribution in [-0.4, -0.2) is 11.8 Å². The van der Waals surface area contributed by atoms with Gasteiger partial charge in [-0.05, 0) is 48.8 Å². The normalized spacial score (nSPS) is 29.7. The Morgan fingerprint density at radius 3 is 2.70 bits per heavy atom. The zero-order chi connectivity index (χ0) is 13.5. The lowest BCUT2D eigenvalue weighted by Crippen LogP contribution is -2.33. The molecule has 0 aromatic heterocycles. The van der Waals surface area contributed by atoms with Crippen LogP contribution < -0.4 is 5.32 Å². The maximum atomic E-state index is 12.1. The van der Waals surface area contributed by atoms with Gasteiger partial charge in [0.25, 0.3) is 0 Å². The van der Waals surface area contributed by atoms with Crippen molar-refractivity contribution in [2.24, 2.45) is 0 Å². The number of anilines is 1. The van der Waals surface area contributed by atoms with Gasteiger partial charge in [0, 0.05) is 18.0 Å². The first-order valence-corrected chi connectivity index (χ1v) is 8.26. The van der Waals surface area contributed by atoms with E-state index in [9.17, 15) is 4.79 Å². The summed E-state index contributed by atoms with van der Waals surface area (Å²) in [7, 11) is 0. The third-order valence-corrected chi connectivity index (χ3v) is 5.55. The molecule has 4 rings (SSSR count). The number of fused-ring (bicyclic) bond motifs is 3. The minimum Gasteiger partial charge on any atom is -0.375 e. The number of Topliss-reactive ketones (excluding diaryl/α,β-unsaturated/α-hetero) is 1. The molecule has 0 unspecified atom stereocenters. The number of benzene rings is 1. The van der Waals surface area contributed by atoms with Gasteiger partial charge in [0.05, 0.1) is 6.04 Å². The van der Waals surface area contributed by atoms with Crippen LogP contribution in [0.2, 0.25) is 0 Å². The first-order valence-electron chi connectivity index (χ1n) is 8.26. The number of hydrogen-bond acceptors (Lipinski definition) is 2. The molecule has 1 N–H and O–H groups in total. The molecule has 0 saturated heterocycles. The fourth-order valence-electron chi connectivity index (χ4n) is 4.44. The van der Waals surface area contributed by atoms with Crippen LogP contribution in [0.5, 0.6) is 0 Å². The highest BCUT2D eigenvalue weighted by molar-refractivity contribution is 5.91. The van der Waals surface area contributed by atoms with E-state index < -0.39 is 0 Å². The third kappa shape index (κ3) is 1.97. The SMILES string of the molecule is O=C1CCC[C@@H]2c3cc(C4CCCCC4)ccc3N[C@H]12. The van der Waals surface area contributed by atoms with Gasteiger partial charge in [-0.3, -0.25) is 4.79 Å². The number of rotatable bonds is 1. The van der Waals surface area contributed by atoms with Gasteiger partial charge in [-0.1, -0.05) is 31.4 Å². The predicted molar refractivity (Wildman–Crippen MR) is 81.3 cm³/mol. The molecule has 1 aromatic carbocycles. The Morgan fingerprint density at radius 1 is 1.00 bits per heavy atom. The van der Waals surface area contributed by atoms with E-state index in [2.05, 4.69) is 23.5 Å². The van der Waals surface area contributed by atoms with Gasteiger partial charge in [0.1, 0.15) is 0 Å². The summed E-state index contributed by atoms with van der Waals surface area (Å²) in [4.78, 5) is 12.1. The highest BCUT2D eigenvalue weighted by Gasteiger charge is 2.39. The standard InChI is InChI=1S/C18H23NO/c20-17-8-4-7-14-15-11-13(12-5-2-1-3-6-12)9-10-16(15)19-18(14)17/h9-12,14,18-19H,1-8H2/t14-,18+/m1/s1. The van der Waals surface area contributed by atoms with Gasteiger partial charge in [0.2, 0.25) is 0 Å². The van der Waals surface area contributed by atoms with Crippen LogP contribution in [-0.2, 0) is 4.79 Å². The molecule has 2 aliphatic carbocycles. The minimum absolute atomic E-state index is 0.0698. The van der Waals surface area contributed by atoms with Gasteiger partial charge >= 0.3 is 0 Å². The lowest BCUT2D eigenvalue weighted by atomic mass is 9.79. The van der Waals surface area contributed by atoms with Crippen molar-refractivity contribution in [1.29, 1.82) is 0 Å². The van der Waals surface area contributed by atoms with Gasteiger partial charge in [-0.2, -0.15) is 0 Å². The van der Waals surface area contributed by atoms with Crippen molar-refractivity contribution in [1.82, 2.24) is 0 Å². The monoisotopic (exact) mass is 269 g/mol. The molecular weight excluding hydrogens is 246 g/mol. The summed E-state index contributed by atoms with van der Waals surface area (Å²) >= 11 is 0. The summed E-state index contributed by atoms with van der Waals surface area (Å²) in [6, 6.07) is 7.01. The smallest absolute Gasteiger partial charge is 0.155 e. The summed E-state index contributed by atoms with van der Waals surface area (Å²) in [5.74, 6) is 1.61. The van der Waals surface area contributed by atoms with Crippen molar-refractivity contribution >= 4 is 11.5 Å². The van der Waals surface area contributed by atoms with E-state index in [1.165, 1.54) is 55.3 Å². The highest BCUT2D eigenvalue weighted by Crippen LogP contribution is 2.44. The highest BCUT2D eigenvalue weighted by atomic mass is 16.1. The maximum Gasteiger partial charge on any atom is 0.155 e. The Morgan fingerprint density at radius 2 is 1.85 bits per heavy atom. The summed E-state index contributed by atoms with van der Waals surface area (Å²) in [6.45, 7) is 0. The fraction of sp³-hybridized carbons (Fsp3) is 0.611. The van der Waals surface area contributed by atoms with E-state index in [4.69, 9.17) is 0 Å². The molecule has 2 atom stereocenters.